The number of fused-ring (bicyclic) bond motifs is 5. The van der Waals surface area contributed by atoms with Gasteiger partial charge in [-0.25, -0.2) is 0 Å². The first-order chi connectivity index (χ1) is 15.0. The zero-order valence-corrected chi connectivity index (χ0v) is 19.8. The molecule has 4 saturated carbocycles. The van der Waals surface area contributed by atoms with Crippen molar-refractivity contribution in [3.8, 4) is 0 Å². The fraction of sp³-hybridized carbons (Fsp3) is 0.840. The van der Waals surface area contributed by atoms with Gasteiger partial charge in [-0.1, -0.05) is 13.8 Å². The Kier molecular flexibility index (Phi) is 5.91. The molecule has 7 heteroatoms. The Bertz CT molecular complexity index is 821. The van der Waals surface area contributed by atoms with Gasteiger partial charge in [-0.3, -0.25) is 19.2 Å². The molecule has 0 heterocycles. The predicted molar refractivity (Wildman–Crippen MR) is 114 cm³/mol. The van der Waals surface area contributed by atoms with Gasteiger partial charge in [-0.2, -0.15) is 0 Å². The Labute approximate surface area is 189 Å². The first-order valence-corrected chi connectivity index (χ1v) is 12.0. The van der Waals surface area contributed by atoms with Gasteiger partial charge in [-0.05, 0) is 49.9 Å². The minimum atomic E-state index is -0.462. The van der Waals surface area contributed by atoms with Crippen LogP contribution in [0.25, 0.3) is 0 Å². The number of hydrogen-bond acceptors (Lipinski definition) is 7. The van der Waals surface area contributed by atoms with Crippen LogP contribution in [0.3, 0.4) is 0 Å². The molecule has 0 radical (unpaired) electrons. The van der Waals surface area contributed by atoms with Gasteiger partial charge in [0.15, 0.2) is 0 Å². The van der Waals surface area contributed by atoms with Crippen LogP contribution in [0.5, 0.6) is 0 Å². The largest absolute Gasteiger partial charge is 0.462 e. The van der Waals surface area contributed by atoms with E-state index in [1.807, 2.05) is 0 Å². The summed E-state index contributed by atoms with van der Waals surface area (Å²) in [5.74, 6) is -0.0196. The number of hydrogen-bond donors (Lipinski definition) is 0. The number of ether oxygens (including phenoxy) is 3. The van der Waals surface area contributed by atoms with E-state index in [0.29, 0.717) is 12.8 Å². The average molecular weight is 449 g/mol. The van der Waals surface area contributed by atoms with Crippen LogP contribution < -0.4 is 0 Å². The van der Waals surface area contributed by atoms with E-state index in [9.17, 15) is 19.2 Å². The second-order valence-electron chi connectivity index (χ2n) is 11.0. The Morgan fingerprint density at radius 3 is 2.16 bits per heavy atom. The SMILES string of the molecule is CC(=O)O[C@H]1C[C@@H]2CC[C@H]3[C@@H]4[C@@H](OC(C)=O)CC(=O)[C@@]4(C)CC[C@@H]3[C@@]2(C)[C@H](OC(C)=O)C1. The fourth-order valence-corrected chi connectivity index (χ4v) is 8.09. The number of rotatable bonds is 3. The van der Waals surface area contributed by atoms with Crippen LogP contribution in [-0.2, 0) is 33.4 Å². The zero-order valence-electron chi connectivity index (χ0n) is 19.8. The number of ketones is 1. The molecule has 4 rings (SSSR count). The van der Waals surface area contributed by atoms with Crippen LogP contribution >= 0.6 is 0 Å². The third-order valence-electron chi connectivity index (χ3n) is 9.32. The van der Waals surface area contributed by atoms with Crippen molar-refractivity contribution in [3.63, 3.8) is 0 Å². The lowest BCUT2D eigenvalue weighted by Crippen LogP contribution is -2.61. The van der Waals surface area contributed by atoms with E-state index in [2.05, 4.69) is 13.8 Å². The van der Waals surface area contributed by atoms with E-state index in [-0.39, 0.29) is 71.1 Å². The van der Waals surface area contributed by atoms with Gasteiger partial charge in [-0.15, -0.1) is 0 Å². The van der Waals surface area contributed by atoms with Gasteiger partial charge in [0.2, 0.25) is 0 Å². The molecule has 4 aliphatic carbocycles. The summed E-state index contributed by atoms with van der Waals surface area (Å²) < 4.78 is 17.1. The molecule has 0 saturated heterocycles. The third-order valence-corrected chi connectivity index (χ3v) is 9.32. The van der Waals surface area contributed by atoms with Gasteiger partial charge in [0.25, 0.3) is 0 Å². The van der Waals surface area contributed by atoms with Crippen molar-refractivity contribution in [2.75, 3.05) is 0 Å². The molecule has 7 nitrogen and oxygen atoms in total. The van der Waals surface area contributed by atoms with Gasteiger partial charge in [0, 0.05) is 50.4 Å². The molecule has 0 spiro atoms. The molecule has 4 fully saturated rings. The van der Waals surface area contributed by atoms with E-state index in [1.54, 1.807) is 0 Å². The van der Waals surface area contributed by atoms with Crippen LogP contribution in [0, 0.1) is 34.5 Å². The van der Waals surface area contributed by atoms with Crippen LogP contribution in [0.4, 0.5) is 0 Å². The predicted octanol–water partition coefficient (Wildman–Crippen LogP) is 3.61. The van der Waals surface area contributed by atoms with Gasteiger partial charge in [0.05, 0.1) is 0 Å². The quantitative estimate of drug-likeness (QED) is 0.481. The van der Waals surface area contributed by atoms with Crippen molar-refractivity contribution < 1.29 is 33.4 Å². The molecule has 0 unspecified atom stereocenters. The maximum Gasteiger partial charge on any atom is 0.302 e. The summed E-state index contributed by atoms with van der Waals surface area (Å²) in [6.45, 7) is 8.53. The molecule has 9 atom stereocenters. The van der Waals surface area contributed by atoms with Crippen molar-refractivity contribution in [3.05, 3.63) is 0 Å². The lowest BCUT2D eigenvalue weighted by Gasteiger charge is -2.62. The summed E-state index contributed by atoms with van der Waals surface area (Å²) in [5, 5.41) is 0. The molecule has 0 bridgehead atoms. The van der Waals surface area contributed by atoms with E-state index in [1.165, 1.54) is 20.8 Å². The highest BCUT2D eigenvalue weighted by Crippen LogP contribution is 2.66. The Morgan fingerprint density at radius 2 is 1.53 bits per heavy atom. The average Bonchev–Trinajstić information content (AvgIpc) is 2.91. The maximum absolute atomic E-state index is 13.0. The van der Waals surface area contributed by atoms with Crippen LogP contribution in [0.2, 0.25) is 0 Å². The lowest BCUT2D eigenvalue weighted by atomic mass is 9.44. The molecule has 32 heavy (non-hydrogen) atoms. The van der Waals surface area contributed by atoms with Crippen molar-refractivity contribution in [1.82, 2.24) is 0 Å². The first kappa shape index (κ1) is 23.2. The Morgan fingerprint density at radius 1 is 0.875 bits per heavy atom. The summed E-state index contributed by atoms with van der Waals surface area (Å²) in [6, 6.07) is 0. The monoisotopic (exact) mass is 448 g/mol. The Balaban J connectivity index is 1.68. The van der Waals surface area contributed by atoms with Crippen molar-refractivity contribution in [2.24, 2.45) is 34.5 Å². The van der Waals surface area contributed by atoms with Gasteiger partial charge in [0.1, 0.15) is 24.1 Å². The highest BCUT2D eigenvalue weighted by Gasteiger charge is 2.66. The van der Waals surface area contributed by atoms with Crippen molar-refractivity contribution in [2.45, 2.75) is 97.9 Å². The molecule has 178 valence electrons. The van der Waals surface area contributed by atoms with E-state index in [4.69, 9.17) is 14.2 Å². The standard InChI is InChI=1S/C25H36O7/c1-13(26)30-17-10-16-6-7-18-19(25(16,5)22(11-17)32-15(3)28)8-9-24(4)21(29)12-20(23(18)24)31-14(2)27/h16-20,22-23H,6-12H2,1-5H3/t16-,17-,18+,19-,20-,22+,23+,24+,25-/m0/s1. The molecule has 0 aromatic heterocycles. The molecule has 0 aromatic carbocycles. The summed E-state index contributed by atoms with van der Waals surface area (Å²) >= 11 is 0. The number of carbonyl (C=O) groups excluding carboxylic acids is 4. The van der Waals surface area contributed by atoms with E-state index >= 15 is 0 Å². The summed E-state index contributed by atoms with van der Waals surface area (Å²) in [4.78, 5) is 48.5. The Hall–Kier alpha value is -1.92. The topological polar surface area (TPSA) is 96.0 Å². The smallest absolute Gasteiger partial charge is 0.302 e. The second kappa shape index (κ2) is 8.14. The molecule has 0 aliphatic heterocycles. The minimum Gasteiger partial charge on any atom is -0.462 e. The van der Waals surface area contributed by atoms with E-state index < -0.39 is 5.41 Å². The minimum absolute atomic E-state index is 0.000374. The van der Waals surface area contributed by atoms with Crippen LogP contribution in [-0.4, -0.2) is 42.0 Å². The number of Topliss-reactive ketones (excluding diaryl/α,β-unsaturated/α-hetero) is 1. The molecule has 4 aliphatic rings. The molecule has 0 amide bonds. The van der Waals surface area contributed by atoms with Crippen molar-refractivity contribution >= 4 is 23.7 Å². The molecular formula is C25H36O7. The van der Waals surface area contributed by atoms with Crippen LogP contribution in [0.15, 0.2) is 0 Å². The zero-order chi connectivity index (χ0) is 23.4. The maximum atomic E-state index is 13.0. The molecule has 0 N–H and O–H groups in total. The summed E-state index contributed by atoms with van der Waals surface area (Å²) in [5.41, 5.74) is -0.727. The van der Waals surface area contributed by atoms with Gasteiger partial charge < -0.3 is 14.2 Å². The number of esters is 3. The lowest BCUT2D eigenvalue weighted by molar-refractivity contribution is -0.209. The van der Waals surface area contributed by atoms with Crippen LogP contribution in [0.1, 0.15) is 79.6 Å². The van der Waals surface area contributed by atoms with Gasteiger partial charge >= 0.3 is 17.9 Å². The third kappa shape index (κ3) is 3.65. The second-order valence-corrected chi connectivity index (χ2v) is 11.0. The highest BCUT2D eigenvalue weighted by atomic mass is 16.6. The molecular weight excluding hydrogens is 412 g/mol. The fourth-order valence-electron chi connectivity index (χ4n) is 8.09. The number of carbonyl (C=O) groups is 4. The summed E-state index contributed by atoms with van der Waals surface area (Å²) in [6.07, 6.45) is 4.11. The summed E-state index contributed by atoms with van der Waals surface area (Å²) in [7, 11) is 0. The molecule has 0 aromatic rings. The van der Waals surface area contributed by atoms with Crippen molar-refractivity contribution in [1.29, 1.82) is 0 Å². The normalized spacial score (nSPS) is 45.2. The highest BCUT2D eigenvalue weighted by molar-refractivity contribution is 5.88. The van der Waals surface area contributed by atoms with E-state index in [0.717, 1.165) is 32.1 Å². The first-order valence-electron chi connectivity index (χ1n) is 12.0.